The minimum atomic E-state index is -0.378. The van der Waals surface area contributed by atoms with Crippen LogP contribution in [0.4, 0.5) is 11.4 Å². The monoisotopic (exact) mass is 783 g/mol. The number of hydrogen-bond acceptors (Lipinski definition) is 5. The van der Waals surface area contributed by atoms with Gasteiger partial charge in [0.15, 0.2) is 0 Å². The number of anilines is 2. The molecular weight excluding hydrogens is 735 g/mol. The maximum atomic E-state index is 6.81. The fourth-order valence-corrected chi connectivity index (χ4v) is 9.82. The summed E-state index contributed by atoms with van der Waals surface area (Å²) in [5.74, 6) is 8.36. The van der Waals surface area contributed by atoms with Crippen LogP contribution in [-0.4, -0.2) is 0 Å². The van der Waals surface area contributed by atoms with Crippen LogP contribution in [0.25, 0.3) is 55.0 Å². The summed E-state index contributed by atoms with van der Waals surface area (Å²) in [6.45, 7) is 11.7. The van der Waals surface area contributed by atoms with E-state index >= 15 is 0 Å². The summed E-state index contributed by atoms with van der Waals surface area (Å²) >= 11 is 0. The van der Waals surface area contributed by atoms with Crippen molar-refractivity contribution in [3.63, 3.8) is 0 Å². The second-order valence-corrected chi connectivity index (χ2v) is 15.8. The Balaban J connectivity index is 0.00000228. The average molecular weight is 784 g/mol. The van der Waals surface area contributed by atoms with E-state index in [0.717, 1.165) is 78.6 Å². The number of allylic oxidation sites excluding steroid dienone is 4. The average Bonchev–Trinajstić information content (AvgIpc) is 3.87. The number of furan rings is 2. The van der Waals surface area contributed by atoms with Gasteiger partial charge in [0.1, 0.15) is 22.3 Å². The number of hydrazine groups is 1. The minimum absolute atomic E-state index is 0.0689. The van der Waals surface area contributed by atoms with Gasteiger partial charge in [-0.2, -0.15) is 0 Å². The van der Waals surface area contributed by atoms with Gasteiger partial charge in [0.2, 0.25) is 0 Å². The van der Waals surface area contributed by atoms with E-state index in [4.69, 9.17) is 8.83 Å². The lowest BCUT2D eigenvalue weighted by molar-refractivity contribution is 0.289. The van der Waals surface area contributed by atoms with Gasteiger partial charge >= 0.3 is 0 Å². The predicted octanol–water partition coefficient (Wildman–Crippen LogP) is 14.2. The first-order valence-electron chi connectivity index (χ1n) is 20.7. The Bertz CT molecular complexity index is 3060. The molecule has 0 aliphatic carbocycles. The van der Waals surface area contributed by atoms with Crippen LogP contribution in [0.3, 0.4) is 0 Å². The van der Waals surface area contributed by atoms with Crippen molar-refractivity contribution in [1.29, 1.82) is 0 Å². The number of nitrogens with two attached hydrogens (primary N) is 2. The van der Waals surface area contributed by atoms with Crippen molar-refractivity contribution in [3.05, 3.63) is 217 Å². The van der Waals surface area contributed by atoms with Gasteiger partial charge in [-0.15, -0.1) is 0 Å². The van der Waals surface area contributed by atoms with Crippen molar-refractivity contribution in [2.24, 2.45) is 17.6 Å². The normalized spacial score (nSPS) is 16.2. The number of benzene rings is 7. The minimum Gasteiger partial charge on any atom is -0.456 e. The molecule has 0 fully saturated rings. The zero-order valence-corrected chi connectivity index (χ0v) is 34.3. The molecule has 7 aromatic carbocycles. The lowest BCUT2D eigenvalue weighted by Gasteiger charge is -2.45. The van der Waals surface area contributed by atoms with E-state index in [2.05, 4.69) is 220 Å². The van der Waals surface area contributed by atoms with Crippen molar-refractivity contribution < 1.29 is 8.83 Å². The van der Waals surface area contributed by atoms with Crippen LogP contribution >= 0.6 is 0 Å². The maximum Gasteiger partial charge on any atom is 0.136 e. The first kappa shape index (κ1) is 38.6. The molecule has 2 aromatic heterocycles. The summed E-state index contributed by atoms with van der Waals surface area (Å²) in [6.07, 6.45) is 7.54. The lowest BCUT2D eigenvalue weighted by Crippen LogP contribution is -2.40. The van der Waals surface area contributed by atoms with Crippen LogP contribution < -0.4 is 16.6 Å². The zero-order valence-electron chi connectivity index (χ0n) is 34.3. The number of para-hydroxylation sites is 3. The summed E-state index contributed by atoms with van der Waals surface area (Å²) in [5, 5.41) is 4.58. The van der Waals surface area contributed by atoms with Crippen LogP contribution in [0.2, 0.25) is 0 Å². The van der Waals surface area contributed by atoms with Gasteiger partial charge in [-0.05, 0) is 106 Å². The van der Waals surface area contributed by atoms with Crippen LogP contribution in [-0.2, 0) is 5.41 Å². The third kappa shape index (κ3) is 6.35. The Morgan fingerprint density at radius 1 is 0.617 bits per heavy atom. The van der Waals surface area contributed by atoms with E-state index in [-0.39, 0.29) is 11.3 Å². The molecule has 0 saturated heterocycles. The summed E-state index contributed by atoms with van der Waals surface area (Å²) in [4.78, 5) is 2.24. The fraction of sp³-hybridized carbons (Fsp3) is 0.127. The Morgan fingerprint density at radius 2 is 1.27 bits per heavy atom. The van der Waals surface area contributed by atoms with Crippen LogP contribution in [0.15, 0.2) is 198 Å². The predicted molar refractivity (Wildman–Crippen MR) is 252 cm³/mol. The first-order chi connectivity index (χ1) is 29.4. The molecule has 5 nitrogen and oxygen atoms in total. The highest BCUT2D eigenvalue weighted by Gasteiger charge is 2.45. The summed E-state index contributed by atoms with van der Waals surface area (Å²) in [5.41, 5.74) is 13.4. The quantitative estimate of drug-likeness (QED) is 0.118. The van der Waals surface area contributed by atoms with Gasteiger partial charge in [0, 0.05) is 44.4 Å². The van der Waals surface area contributed by atoms with E-state index < -0.39 is 0 Å². The standard InChI is InChI=1S/C55H45NO2.H4N2/c1-5-37(3)55(41-17-8-6-9-18-41,42-28-30-47-46-22-13-15-25-50(46)57-53(47)35-42)38(4)45-23-16-26-51-54(45)48-29-27-39(34-52(48)58-51)40-31-32-56(43-19-10-7-11-20-43)49-24-14-12-21-44(49)36(2)33-40;1-2/h6-35,37-38H,2,5H2,1,3-4H3;1-2H2/b32-31-,40-33+;. The van der Waals surface area contributed by atoms with Crippen molar-refractivity contribution in [2.75, 3.05) is 4.90 Å². The van der Waals surface area contributed by atoms with E-state index in [0.29, 0.717) is 5.92 Å². The number of hydrogen-bond donors (Lipinski definition) is 2. The molecular formula is C55H49N3O2. The molecule has 10 rings (SSSR count). The Morgan fingerprint density at radius 3 is 2.07 bits per heavy atom. The topological polar surface area (TPSA) is 81.6 Å². The Kier molecular flexibility index (Phi) is 10.3. The molecule has 60 heavy (non-hydrogen) atoms. The molecule has 0 amide bonds. The number of rotatable bonds is 8. The third-order valence-electron chi connectivity index (χ3n) is 12.8. The molecule has 0 bridgehead atoms. The largest absolute Gasteiger partial charge is 0.456 e. The van der Waals surface area contributed by atoms with Gasteiger partial charge in [-0.25, -0.2) is 0 Å². The van der Waals surface area contributed by atoms with Crippen molar-refractivity contribution in [1.82, 2.24) is 0 Å². The molecule has 0 radical (unpaired) electrons. The van der Waals surface area contributed by atoms with E-state index in [1.807, 2.05) is 6.07 Å². The lowest BCUT2D eigenvalue weighted by atomic mass is 9.57. The molecule has 9 aromatic rings. The van der Waals surface area contributed by atoms with Gasteiger partial charge < -0.3 is 13.7 Å². The van der Waals surface area contributed by atoms with Crippen LogP contribution in [0.1, 0.15) is 60.9 Å². The summed E-state index contributed by atoms with van der Waals surface area (Å²) in [6, 6.07) is 58.6. The molecule has 4 N–H and O–H groups in total. The van der Waals surface area contributed by atoms with Gasteiger partial charge in [-0.1, -0.05) is 149 Å². The smallest absolute Gasteiger partial charge is 0.136 e. The maximum absolute atomic E-state index is 6.81. The molecule has 5 heteroatoms. The summed E-state index contributed by atoms with van der Waals surface area (Å²) < 4.78 is 13.3. The Hall–Kier alpha value is -6.92. The molecule has 0 spiro atoms. The second-order valence-electron chi connectivity index (χ2n) is 15.8. The van der Waals surface area contributed by atoms with Crippen molar-refractivity contribution in [2.45, 2.75) is 38.5 Å². The number of fused-ring (bicyclic) bond motifs is 7. The molecule has 1 aliphatic heterocycles. The molecule has 1 aliphatic rings. The van der Waals surface area contributed by atoms with Crippen LogP contribution in [0.5, 0.6) is 0 Å². The highest BCUT2D eigenvalue weighted by atomic mass is 16.3. The first-order valence-corrected chi connectivity index (χ1v) is 20.7. The Labute approximate surface area is 351 Å². The van der Waals surface area contributed by atoms with Gasteiger partial charge in [-0.3, -0.25) is 11.7 Å². The van der Waals surface area contributed by atoms with Crippen molar-refractivity contribution in [3.8, 4) is 0 Å². The van der Waals surface area contributed by atoms with Crippen molar-refractivity contribution >= 4 is 66.4 Å². The second kappa shape index (κ2) is 16.0. The molecule has 3 unspecified atom stereocenters. The fourth-order valence-electron chi connectivity index (χ4n) is 9.82. The zero-order chi connectivity index (χ0) is 41.4. The van der Waals surface area contributed by atoms with Gasteiger partial charge in [0.25, 0.3) is 0 Å². The van der Waals surface area contributed by atoms with E-state index in [1.165, 1.54) is 22.1 Å². The molecule has 296 valence electrons. The highest BCUT2D eigenvalue weighted by molar-refractivity contribution is 6.08. The number of nitrogens with zero attached hydrogens (tertiary/aromatic N) is 1. The van der Waals surface area contributed by atoms with Gasteiger partial charge in [0.05, 0.1) is 5.69 Å². The molecule has 0 saturated carbocycles. The van der Waals surface area contributed by atoms with E-state index in [1.54, 1.807) is 0 Å². The molecule has 3 heterocycles. The SMILES string of the molecule is C=C1/C=C(c2ccc3c(c2)oc2cccc(C(C)C(c4ccccc4)(c4ccc5c(c4)oc4ccccc45)C(C)CC)c23)\C=C/N(c2ccccc2)c2ccccc21.NN. The van der Waals surface area contributed by atoms with E-state index in [9.17, 15) is 0 Å². The summed E-state index contributed by atoms with van der Waals surface area (Å²) in [7, 11) is 0. The highest BCUT2D eigenvalue weighted by Crippen LogP contribution is 2.53. The molecule has 3 atom stereocenters. The third-order valence-corrected chi connectivity index (χ3v) is 12.8. The van der Waals surface area contributed by atoms with Crippen LogP contribution in [0, 0.1) is 5.92 Å².